The maximum atomic E-state index is 4.06. The number of hydrogen-bond donors (Lipinski definition) is 1. The smallest absolute Gasteiger partial charge is 0.114 e. The van der Waals surface area contributed by atoms with E-state index >= 15 is 0 Å². The fraction of sp³-hybridized carbons (Fsp3) is 0.500. The summed E-state index contributed by atoms with van der Waals surface area (Å²) in [7, 11) is 0. The number of H-pyrrole nitrogens is 1. The molecular formula is C10H14N4. The summed E-state index contributed by atoms with van der Waals surface area (Å²) in [6, 6.07) is 1.92. The molecule has 0 fully saturated rings. The Bertz CT molecular complexity index is 407. The molecule has 0 bridgehead atoms. The predicted octanol–water partition coefficient (Wildman–Crippen LogP) is 2.09. The molecule has 1 N–H and O–H groups in total. The second-order valence-electron chi connectivity index (χ2n) is 3.43. The number of hydrogen-bond acceptors (Lipinski definition) is 3. The molecule has 4 nitrogen and oxygen atoms in total. The van der Waals surface area contributed by atoms with Crippen LogP contribution < -0.4 is 0 Å². The molecule has 0 amide bonds. The Labute approximate surface area is 82.7 Å². The zero-order valence-electron chi connectivity index (χ0n) is 8.32. The molecular weight excluding hydrogens is 176 g/mol. The first-order chi connectivity index (χ1) is 6.92. The largest absolute Gasteiger partial charge is 0.358 e. The third kappa shape index (κ3) is 1.73. The van der Waals surface area contributed by atoms with E-state index in [1.54, 1.807) is 0 Å². The van der Waals surface area contributed by atoms with Gasteiger partial charge in [-0.05, 0) is 24.1 Å². The molecule has 0 aliphatic heterocycles. The van der Waals surface area contributed by atoms with Crippen molar-refractivity contribution in [3.05, 3.63) is 18.0 Å². The van der Waals surface area contributed by atoms with Crippen molar-refractivity contribution in [1.82, 2.24) is 20.4 Å². The molecule has 14 heavy (non-hydrogen) atoms. The van der Waals surface area contributed by atoms with Crippen LogP contribution in [0.4, 0.5) is 0 Å². The van der Waals surface area contributed by atoms with Gasteiger partial charge in [-0.25, -0.2) is 0 Å². The van der Waals surface area contributed by atoms with Gasteiger partial charge in [0.05, 0.1) is 11.2 Å². The normalized spacial score (nSPS) is 10.9. The lowest BCUT2D eigenvalue weighted by atomic mass is 10.1. The summed E-state index contributed by atoms with van der Waals surface area (Å²) in [4.78, 5) is 3.15. The number of aryl methyl sites for hydroxylation is 1. The molecule has 0 saturated carbocycles. The number of unbranched alkanes of at least 4 members (excludes halogenated alkanes) is 2. The van der Waals surface area contributed by atoms with Crippen LogP contribution in [0.2, 0.25) is 0 Å². The highest BCUT2D eigenvalue weighted by molar-refractivity contribution is 5.76. The molecule has 0 radical (unpaired) electrons. The van der Waals surface area contributed by atoms with E-state index in [4.69, 9.17) is 0 Å². The van der Waals surface area contributed by atoms with Crippen LogP contribution >= 0.6 is 0 Å². The minimum Gasteiger partial charge on any atom is -0.358 e. The topological polar surface area (TPSA) is 54.5 Å². The van der Waals surface area contributed by atoms with Gasteiger partial charge >= 0.3 is 0 Å². The average Bonchev–Trinajstić information content (AvgIpc) is 2.67. The first-order valence-corrected chi connectivity index (χ1v) is 5.07. The summed E-state index contributed by atoms with van der Waals surface area (Å²) in [5, 5.41) is 11.7. The number of aromatic amines is 1. The van der Waals surface area contributed by atoms with Crippen molar-refractivity contribution in [1.29, 1.82) is 0 Å². The minimum atomic E-state index is 0.909. The van der Waals surface area contributed by atoms with E-state index in [1.807, 2.05) is 12.3 Å². The molecule has 4 heteroatoms. The molecule has 0 aromatic carbocycles. The van der Waals surface area contributed by atoms with Crippen molar-refractivity contribution in [3.8, 4) is 0 Å². The van der Waals surface area contributed by atoms with E-state index in [0.717, 1.165) is 23.1 Å². The van der Waals surface area contributed by atoms with E-state index in [-0.39, 0.29) is 0 Å². The Hall–Kier alpha value is -1.45. The quantitative estimate of drug-likeness (QED) is 0.751. The van der Waals surface area contributed by atoms with Gasteiger partial charge in [-0.3, -0.25) is 0 Å². The van der Waals surface area contributed by atoms with E-state index in [9.17, 15) is 0 Å². The van der Waals surface area contributed by atoms with Gasteiger partial charge in [-0.1, -0.05) is 19.8 Å². The number of fused-ring (bicyclic) bond motifs is 1. The molecule has 74 valence electrons. The predicted molar refractivity (Wildman–Crippen MR) is 54.9 cm³/mol. The van der Waals surface area contributed by atoms with Crippen LogP contribution in [0.3, 0.4) is 0 Å². The Balaban J connectivity index is 2.19. The average molecular weight is 190 g/mol. The minimum absolute atomic E-state index is 0.909. The highest BCUT2D eigenvalue weighted by atomic mass is 15.3. The van der Waals surface area contributed by atoms with Crippen LogP contribution in [0.15, 0.2) is 12.3 Å². The van der Waals surface area contributed by atoms with Crippen LogP contribution in [0.1, 0.15) is 31.9 Å². The summed E-state index contributed by atoms with van der Waals surface area (Å²) in [5.41, 5.74) is 2.98. The van der Waals surface area contributed by atoms with Gasteiger partial charge in [0.2, 0.25) is 0 Å². The molecule has 2 aromatic rings. The third-order valence-electron chi connectivity index (χ3n) is 2.35. The molecule has 0 aliphatic carbocycles. The Morgan fingerprint density at radius 1 is 1.29 bits per heavy atom. The van der Waals surface area contributed by atoms with Crippen LogP contribution in [-0.2, 0) is 6.42 Å². The molecule has 2 rings (SSSR count). The molecule has 2 heterocycles. The van der Waals surface area contributed by atoms with Gasteiger partial charge in [0.1, 0.15) is 5.52 Å². The summed E-state index contributed by atoms with van der Waals surface area (Å²) in [5.74, 6) is 0. The highest BCUT2D eigenvalue weighted by Crippen LogP contribution is 2.13. The molecule has 0 spiro atoms. The van der Waals surface area contributed by atoms with Crippen molar-refractivity contribution in [2.24, 2.45) is 0 Å². The number of aromatic nitrogens is 4. The standard InChI is InChI=1S/C10H14N4/c1-2-3-4-5-8-10-9(6-7-11-10)13-14-12-8/h6-7,11H,2-5H2,1H3. The van der Waals surface area contributed by atoms with Gasteiger partial charge in [-0.2, -0.15) is 0 Å². The molecule has 0 atom stereocenters. The van der Waals surface area contributed by atoms with E-state index < -0.39 is 0 Å². The summed E-state index contributed by atoms with van der Waals surface area (Å²) < 4.78 is 0. The molecule has 0 saturated heterocycles. The SMILES string of the molecule is CCCCCc1nnnc2cc[nH]c12. The van der Waals surface area contributed by atoms with Crippen LogP contribution in [0.5, 0.6) is 0 Å². The van der Waals surface area contributed by atoms with Crippen molar-refractivity contribution < 1.29 is 0 Å². The number of nitrogens with one attached hydrogen (secondary N) is 1. The lowest BCUT2D eigenvalue weighted by molar-refractivity contribution is 0.695. The molecule has 2 aromatic heterocycles. The lowest BCUT2D eigenvalue weighted by Gasteiger charge is -1.99. The highest BCUT2D eigenvalue weighted by Gasteiger charge is 2.04. The Morgan fingerprint density at radius 2 is 2.21 bits per heavy atom. The third-order valence-corrected chi connectivity index (χ3v) is 2.35. The maximum absolute atomic E-state index is 4.06. The van der Waals surface area contributed by atoms with E-state index in [2.05, 4.69) is 27.3 Å². The molecule has 0 aliphatic rings. The lowest BCUT2D eigenvalue weighted by Crippen LogP contribution is -1.97. The van der Waals surface area contributed by atoms with Gasteiger partial charge < -0.3 is 4.98 Å². The van der Waals surface area contributed by atoms with Crippen molar-refractivity contribution in [2.75, 3.05) is 0 Å². The zero-order chi connectivity index (χ0) is 9.80. The van der Waals surface area contributed by atoms with Gasteiger partial charge in [-0.15, -0.1) is 10.2 Å². The maximum Gasteiger partial charge on any atom is 0.114 e. The summed E-state index contributed by atoms with van der Waals surface area (Å²) in [6.07, 6.45) is 6.51. The van der Waals surface area contributed by atoms with Crippen LogP contribution in [-0.4, -0.2) is 20.4 Å². The van der Waals surface area contributed by atoms with Crippen LogP contribution in [0.25, 0.3) is 11.0 Å². The second-order valence-corrected chi connectivity index (χ2v) is 3.43. The van der Waals surface area contributed by atoms with Gasteiger partial charge in [0.15, 0.2) is 0 Å². The first-order valence-electron chi connectivity index (χ1n) is 5.07. The zero-order valence-corrected chi connectivity index (χ0v) is 8.32. The number of nitrogens with zero attached hydrogens (tertiary/aromatic N) is 3. The Morgan fingerprint density at radius 3 is 3.07 bits per heavy atom. The van der Waals surface area contributed by atoms with Crippen LogP contribution in [0, 0.1) is 0 Å². The fourth-order valence-corrected chi connectivity index (χ4v) is 1.57. The number of rotatable bonds is 4. The fourth-order valence-electron chi connectivity index (χ4n) is 1.57. The Kier molecular flexibility index (Phi) is 2.72. The van der Waals surface area contributed by atoms with Gasteiger partial charge in [0, 0.05) is 6.20 Å². The van der Waals surface area contributed by atoms with Crippen molar-refractivity contribution >= 4 is 11.0 Å². The van der Waals surface area contributed by atoms with Gasteiger partial charge in [0.25, 0.3) is 0 Å². The van der Waals surface area contributed by atoms with E-state index in [1.165, 1.54) is 19.3 Å². The monoisotopic (exact) mass is 190 g/mol. The second kappa shape index (κ2) is 4.17. The first kappa shape index (κ1) is 9.12. The molecule has 0 unspecified atom stereocenters. The van der Waals surface area contributed by atoms with Crippen molar-refractivity contribution in [2.45, 2.75) is 32.6 Å². The van der Waals surface area contributed by atoms with E-state index in [0.29, 0.717) is 0 Å². The van der Waals surface area contributed by atoms with Crippen molar-refractivity contribution in [3.63, 3.8) is 0 Å². The summed E-state index contributed by atoms with van der Waals surface area (Å²) >= 11 is 0. The summed E-state index contributed by atoms with van der Waals surface area (Å²) in [6.45, 7) is 2.20.